The molecule has 0 bridgehead atoms. The first-order valence-electron chi connectivity index (χ1n) is 9.81. The molecule has 2 heterocycles. The Bertz CT molecular complexity index is 1000. The number of nitrogens with one attached hydrogen (secondary N) is 1. The quantitative estimate of drug-likeness (QED) is 0.632. The Balaban J connectivity index is 1.77. The summed E-state index contributed by atoms with van der Waals surface area (Å²) in [7, 11) is -0.120. The summed E-state index contributed by atoms with van der Waals surface area (Å²) < 4.78 is 28.9. The van der Waals surface area contributed by atoms with E-state index in [1.54, 1.807) is 6.92 Å². The standard InChI is InChI=1S/C19H28N6O4S2/c1-14-17(31(20,27)28)30-19(21-14)25(9-8-23(2)3)18(26)22-15-4-6-16(7-5-15)24-10-12-29-13-11-24/h4-7H,8-13H2,1-3H3,(H,22,26)(H2,20,27,28). The fraction of sp³-hybridized carbons (Fsp3) is 0.474. The molecule has 31 heavy (non-hydrogen) atoms. The highest BCUT2D eigenvalue weighted by molar-refractivity contribution is 7.91. The van der Waals surface area contributed by atoms with Crippen molar-refractivity contribution in [3.05, 3.63) is 30.0 Å². The topological polar surface area (TPSA) is 121 Å². The molecule has 1 aliphatic heterocycles. The van der Waals surface area contributed by atoms with Gasteiger partial charge in [0.15, 0.2) is 9.34 Å². The molecule has 3 N–H and O–H groups in total. The molecule has 1 fully saturated rings. The van der Waals surface area contributed by atoms with E-state index < -0.39 is 16.1 Å². The van der Waals surface area contributed by atoms with Gasteiger partial charge in [0, 0.05) is 37.6 Å². The molecule has 2 aromatic rings. The van der Waals surface area contributed by atoms with E-state index in [1.807, 2.05) is 43.3 Å². The normalized spacial score (nSPS) is 14.7. The highest BCUT2D eigenvalue weighted by Gasteiger charge is 2.25. The van der Waals surface area contributed by atoms with E-state index in [0.29, 0.717) is 32.0 Å². The van der Waals surface area contributed by atoms with Gasteiger partial charge in [-0.15, -0.1) is 0 Å². The summed E-state index contributed by atoms with van der Waals surface area (Å²) in [5.41, 5.74) is 1.98. The van der Waals surface area contributed by atoms with Gasteiger partial charge in [-0.3, -0.25) is 4.90 Å². The Morgan fingerprint density at radius 3 is 2.42 bits per heavy atom. The van der Waals surface area contributed by atoms with Crippen molar-refractivity contribution in [2.45, 2.75) is 11.1 Å². The number of hydrogen-bond acceptors (Lipinski definition) is 8. The van der Waals surface area contributed by atoms with Crippen LogP contribution in [0.5, 0.6) is 0 Å². The molecular formula is C19H28N6O4S2. The minimum Gasteiger partial charge on any atom is -0.378 e. The number of anilines is 3. The molecule has 1 saturated heterocycles. The third-order valence-corrected chi connectivity index (χ3v) is 7.48. The van der Waals surface area contributed by atoms with Crippen molar-refractivity contribution >= 4 is 43.9 Å². The van der Waals surface area contributed by atoms with E-state index in [0.717, 1.165) is 30.1 Å². The summed E-state index contributed by atoms with van der Waals surface area (Å²) >= 11 is 0.890. The van der Waals surface area contributed by atoms with Crippen molar-refractivity contribution in [3.8, 4) is 0 Å². The predicted molar refractivity (Wildman–Crippen MR) is 123 cm³/mol. The summed E-state index contributed by atoms with van der Waals surface area (Å²) in [6, 6.07) is 7.21. The highest BCUT2D eigenvalue weighted by atomic mass is 32.2. The van der Waals surface area contributed by atoms with Crippen LogP contribution in [0.15, 0.2) is 28.5 Å². The zero-order valence-electron chi connectivity index (χ0n) is 17.9. The number of carbonyl (C=O) groups excluding carboxylic acids is 1. The van der Waals surface area contributed by atoms with E-state index in [4.69, 9.17) is 9.88 Å². The third kappa shape index (κ3) is 6.14. The van der Waals surface area contributed by atoms with Gasteiger partial charge >= 0.3 is 6.03 Å². The van der Waals surface area contributed by atoms with Crippen LogP contribution in [0.4, 0.5) is 21.3 Å². The van der Waals surface area contributed by atoms with Crippen LogP contribution in [-0.2, 0) is 14.8 Å². The van der Waals surface area contributed by atoms with Gasteiger partial charge in [-0.2, -0.15) is 0 Å². The van der Waals surface area contributed by atoms with Gasteiger partial charge in [-0.1, -0.05) is 11.3 Å². The molecule has 170 valence electrons. The molecule has 1 aromatic heterocycles. The molecule has 0 radical (unpaired) electrons. The Labute approximate surface area is 186 Å². The largest absolute Gasteiger partial charge is 0.378 e. The molecular weight excluding hydrogens is 440 g/mol. The first-order chi connectivity index (χ1) is 14.6. The molecule has 0 atom stereocenters. The number of nitrogens with two attached hydrogens (primary N) is 1. The number of carbonyl (C=O) groups is 1. The van der Waals surface area contributed by atoms with Crippen LogP contribution >= 0.6 is 11.3 Å². The van der Waals surface area contributed by atoms with Crippen molar-refractivity contribution in [2.24, 2.45) is 5.14 Å². The van der Waals surface area contributed by atoms with Crippen LogP contribution in [0.2, 0.25) is 0 Å². The number of benzene rings is 1. The first kappa shape index (κ1) is 23.4. The molecule has 0 saturated carbocycles. The van der Waals surface area contributed by atoms with Crippen LogP contribution < -0.4 is 20.3 Å². The molecule has 2 amide bonds. The summed E-state index contributed by atoms with van der Waals surface area (Å²) in [5, 5.41) is 8.43. The Morgan fingerprint density at radius 1 is 1.23 bits per heavy atom. The van der Waals surface area contributed by atoms with Gasteiger partial charge in [0.25, 0.3) is 0 Å². The predicted octanol–water partition coefficient (Wildman–Crippen LogP) is 1.54. The number of aromatic nitrogens is 1. The van der Waals surface area contributed by atoms with E-state index in [1.165, 1.54) is 4.90 Å². The van der Waals surface area contributed by atoms with Crippen molar-refractivity contribution in [3.63, 3.8) is 0 Å². The van der Waals surface area contributed by atoms with Crippen LogP contribution in [0, 0.1) is 6.92 Å². The molecule has 12 heteroatoms. The monoisotopic (exact) mass is 468 g/mol. The molecule has 0 unspecified atom stereocenters. The minimum absolute atomic E-state index is 0.0417. The summed E-state index contributed by atoms with van der Waals surface area (Å²) in [6.07, 6.45) is 0. The van der Waals surface area contributed by atoms with E-state index in [9.17, 15) is 13.2 Å². The van der Waals surface area contributed by atoms with Crippen LogP contribution in [0.3, 0.4) is 0 Å². The SMILES string of the molecule is Cc1nc(N(CCN(C)C)C(=O)Nc2ccc(N3CCOCC3)cc2)sc1S(N)(=O)=O. The number of aryl methyl sites for hydroxylation is 1. The van der Waals surface area contributed by atoms with Gasteiger partial charge in [-0.05, 0) is 45.3 Å². The van der Waals surface area contributed by atoms with E-state index >= 15 is 0 Å². The average molecular weight is 469 g/mol. The molecule has 10 nitrogen and oxygen atoms in total. The van der Waals surface area contributed by atoms with Gasteiger partial charge in [0.2, 0.25) is 10.0 Å². The summed E-state index contributed by atoms with van der Waals surface area (Å²) in [5.74, 6) is 0. The number of likely N-dealkylation sites (N-methyl/N-ethyl adjacent to an activating group) is 1. The van der Waals surface area contributed by atoms with E-state index in [-0.39, 0.29) is 15.0 Å². The van der Waals surface area contributed by atoms with Gasteiger partial charge < -0.3 is 19.9 Å². The number of urea groups is 1. The smallest absolute Gasteiger partial charge is 0.328 e. The molecule has 1 aromatic carbocycles. The number of sulfonamides is 1. The molecule has 1 aliphatic rings. The Kier molecular flexibility index (Phi) is 7.49. The number of primary sulfonamides is 1. The highest BCUT2D eigenvalue weighted by Crippen LogP contribution is 2.29. The average Bonchev–Trinajstić information content (AvgIpc) is 3.11. The van der Waals surface area contributed by atoms with Gasteiger partial charge in [0.05, 0.1) is 18.9 Å². The second-order valence-electron chi connectivity index (χ2n) is 7.45. The number of thiazole rings is 1. The molecule has 3 rings (SSSR count). The minimum atomic E-state index is -3.90. The number of amides is 2. The Hall–Kier alpha value is -2.25. The lowest BCUT2D eigenvalue weighted by Crippen LogP contribution is -2.39. The third-order valence-electron chi connectivity index (χ3n) is 4.74. The second-order valence-corrected chi connectivity index (χ2v) is 10.2. The van der Waals surface area contributed by atoms with Crippen molar-refractivity contribution < 1.29 is 17.9 Å². The van der Waals surface area contributed by atoms with Gasteiger partial charge in [-0.25, -0.2) is 23.3 Å². The molecule has 0 aliphatic carbocycles. The lowest BCUT2D eigenvalue weighted by Gasteiger charge is -2.29. The second kappa shape index (κ2) is 9.92. The fourth-order valence-corrected chi connectivity index (χ4v) is 5.07. The maximum atomic E-state index is 13.0. The zero-order chi connectivity index (χ0) is 22.6. The lowest BCUT2D eigenvalue weighted by atomic mass is 10.2. The maximum Gasteiger partial charge on any atom is 0.328 e. The van der Waals surface area contributed by atoms with Crippen molar-refractivity contribution in [2.75, 3.05) is 68.6 Å². The summed E-state index contributed by atoms with van der Waals surface area (Å²) in [6.45, 7) is 5.54. The first-order valence-corrected chi connectivity index (χ1v) is 12.2. The number of morpholine rings is 1. The maximum absolute atomic E-state index is 13.0. The van der Waals surface area contributed by atoms with Crippen LogP contribution in [0.25, 0.3) is 0 Å². The van der Waals surface area contributed by atoms with Crippen molar-refractivity contribution in [1.82, 2.24) is 9.88 Å². The number of nitrogens with zero attached hydrogens (tertiary/aromatic N) is 4. The zero-order valence-corrected chi connectivity index (χ0v) is 19.5. The van der Waals surface area contributed by atoms with Gasteiger partial charge in [0.1, 0.15) is 0 Å². The fourth-order valence-electron chi connectivity index (χ4n) is 3.10. The molecule has 0 spiro atoms. The van der Waals surface area contributed by atoms with Crippen molar-refractivity contribution in [1.29, 1.82) is 0 Å². The van der Waals surface area contributed by atoms with Crippen LogP contribution in [0.1, 0.15) is 5.69 Å². The lowest BCUT2D eigenvalue weighted by molar-refractivity contribution is 0.122. The number of ether oxygens (including phenoxy) is 1. The van der Waals surface area contributed by atoms with Crippen LogP contribution in [-0.4, -0.2) is 77.8 Å². The summed E-state index contributed by atoms with van der Waals surface area (Å²) in [4.78, 5) is 22.9. The Morgan fingerprint density at radius 2 is 1.87 bits per heavy atom. The van der Waals surface area contributed by atoms with E-state index in [2.05, 4.69) is 15.2 Å². The number of hydrogen-bond donors (Lipinski definition) is 2. The number of rotatable bonds is 7.